The molecule has 88 valence electrons. The van der Waals surface area contributed by atoms with Crippen molar-refractivity contribution in [2.75, 3.05) is 5.43 Å². The third kappa shape index (κ3) is 2.82. The largest absolute Gasteiger partial charge is 0.382 e. The van der Waals surface area contributed by atoms with E-state index < -0.39 is 0 Å². The summed E-state index contributed by atoms with van der Waals surface area (Å²) in [5.74, 6) is -0.191. The van der Waals surface area contributed by atoms with Crippen molar-refractivity contribution >= 4 is 11.7 Å². The first-order valence-electron chi connectivity index (χ1n) is 5.29. The van der Waals surface area contributed by atoms with Crippen molar-refractivity contribution in [2.24, 2.45) is 11.7 Å². The smallest absolute Gasteiger partial charge is 0.243 e. The Morgan fingerprint density at radius 1 is 1.62 bits per heavy atom. The molecular weight excluding hydrogens is 206 g/mol. The van der Waals surface area contributed by atoms with Gasteiger partial charge in [-0.3, -0.25) is 10.2 Å². The molecule has 1 aromatic heterocycles. The summed E-state index contributed by atoms with van der Waals surface area (Å²) in [5, 5.41) is 11.1. The van der Waals surface area contributed by atoms with Crippen molar-refractivity contribution in [1.82, 2.24) is 9.89 Å². The Morgan fingerprint density at radius 3 is 2.69 bits per heavy atom. The zero-order valence-electron chi connectivity index (χ0n) is 9.53. The molecule has 0 aliphatic carbocycles. The molecule has 0 aliphatic heterocycles. The van der Waals surface area contributed by atoms with E-state index in [4.69, 9.17) is 11.1 Å². The van der Waals surface area contributed by atoms with Crippen molar-refractivity contribution in [2.45, 2.75) is 26.7 Å². The number of amides is 1. The summed E-state index contributed by atoms with van der Waals surface area (Å²) in [6, 6.07) is 1.58. The lowest BCUT2D eigenvalue weighted by atomic mass is 10.0. The van der Waals surface area contributed by atoms with Crippen LogP contribution in [0.15, 0.2) is 12.3 Å². The molecule has 0 bridgehead atoms. The summed E-state index contributed by atoms with van der Waals surface area (Å²) in [4.78, 5) is 13.0. The van der Waals surface area contributed by atoms with Crippen LogP contribution in [0.1, 0.15) is 32.4 Å². The van der Waals surface area contributed by atoms with Crippen LogP contribution in [0.25, 0.3) is 0 Å². The lowest BCUT2D eigenvalue weighted by Crippen LogP contribution is -2.29. The van der Waals surface area contributed by atoms with Crippen molar-refractivity contribution in [3.8, 4) is 0 Å². The molecule has 1 heterocycles. The number of nitrogens with two attached hydrogens (primary N) is 1. The average molecular weight is 223 g/mol. The Kier molecular flexibility index (Phi) is 4.04. The number of rotatable bonds is 5. The minimum absolute atomic E-state index is 0.00928. The molecule has 16 heavy (non-hydrogen) atoms. The highest BCUT2D eigenvalue weighted by Crippen LogP contribution is 2.07. The fourth-order valence-electron chi connectivity index (χ4n) is 1.39. The maximum Gasteiger partial charge on any atom is 0.243 e. The van der Waals surface area contributed by atoms with E-state index in [0.29, 0.717) is 5.69 Å². The van der Waals surface area contributed by atoms with Crippen molar-refractivity contribution < 1.29 is 4.79 Å². The first kappa shape index (κ1) is 12.2. The Morgan fingerprint density at radius 2 is 2.25 bits per heavy atom. The van der Waals surface area contributed by atoms with Gasteiger partial charge in [0.1, 0.15) is 11.5 Å². The number of carbonyl (C=O) groups is 1. The van der Waals surface area contributed by atoms with E-state index in [1.807, 2.05) is 13.8 Å². The molecule has 0 saturated carbocycles. The normalized spacial score (nSPS) is 10.4. The van der Waals surface area contributed by atoms with Crippen LogP contribution in [0.4, 0.5) is 0 Å². The van der Waals surface area contributed by atoms with Crippen LogP contribution < -0.4 is 11.2 Å². The summed E-state index contributed by atoms with van der Waals surface area (Å²) < 4.78 is 0. The van der Waals surface area contributed by atoms with Gasteiger partial charge in [0, 0.05) is 12.1 Å². The van der Waals surface area contributed by atoms with Crippen molar-refractivity contribution in [1.29, 1.82) is 5.41 Å². The van der Waals surface area contributed by atoms with Crippen LogP contribution in [-0.2, 0) is 4.79 Å². The summed E-state index contributed by atoms with van der Waals surface area (Å²) in [6.07, 6.45) is 3.16. The topological polar surface area (TPSA) is 96.8 Å². The van der Waals surface area contributed by atoms with Gasteiger partial charge in [0.2, 0.25) is 5.91 Å². The van der Waals surface area contributed by atoms with Gasteiger partial charge in [0.25, 0.3) is 0 Å². The highest BCUT2D eigenvalue weighted by atomic mass is 16.2. The van der Waals surface area contributed by atoms with E-state index in [-0.39, 0.29) is 17.7 Å². The number of nitrogen functional groups attached to an aromatic ring is 1. The molecule has 0 fully saturated rings. The number of aromatic nitrogens is 2. The van der Waals surface area contributed by atoms with Gasteiger partial charge in [-0.2, -0.15) is 4.79 Å². The number of amidine groups is 1. The van der Waals surface area contributed by atoms with E-state index in [1.165, 1.54) is 4.79 Å². The molecule has 1 rings (SSSR count). The highest BCUT2D eigenvalue weighted by Gasteiger charge is 2.14. The van der Waals surface area contributed by atoms with E-state index in [2.05, 4.69) is 10.5 Å². The number of nitrogens with one attached hydrogen (secondary N) is 2. The number of hydrogen-bond donors (Lipinski definition) is 3. The lowest BCUT2D eigenvalue weighted by molar-refractivity contribution is -0.121. The molecule has 6 nitrogen and oxygen atoms in total. The van der Waals surface area contributed by atoms with Crippen LogP contribution in [-0.4, -0.2) is 21.6 Å². The minimum atomic E-state index is -0.115. The third-order valence-electron chi connectivity index (χ3n) is 2.45. The van der Waals surface area contributed by atoms with Gasteiger partial charge in [0.15, 0.2) is 0 Å². The zero-order valence-corrected chi connectivity index (χ0v) is 9.53. The number of hydrogen-bond acceptors (Lipinski definition) is 3. The summed E-state index contributed by atoms with van der Waals surface area (Å²) in [6.45, 7) is 3.94. The molecule has 1 aromatic rings. The molecule has 0 atom stereocenters. The molecule has 4 N–H and O–H groups in total. The summed E-state index contributed by atoms with van der Waals surface area (Å²) in [7, 11) is 0. The second-order valence-corrected chi connectivity index (χ2v) is 3.55. The van der Waals surface area contributed by atoms with Crippen LogP contribution in [0.5, 0.6) is 0 Å². The zero-order chi connectivity index (χ0) is 12.1. The van der Waals surface area contributed by atoms with E-state index in [1.54, 1.807) is 12.3 Å². The number of carbonyl (C=O) groups excluding carboxylic acids is 1. The van der Waals surface area contributed by atoms with Gasteiger partial charge in [-0.15, -0.1) is 5.10 Å². The average Bonchev–Trinajstić information content (AvgIpc) is 2.68. The molecule has 6 heteroatoms. The van der Waals surface area contributed by atoms with Crippen LogP contribution in [0.2, 0.25) is 0 Å². The Bertz CT molecular complexity index is 380. The van der Waals surface area contributed by atoms with Gasteiger partial charge in [-0.05, 0) is 18.9 Å². The quantitative estimate of drug-likeness (QED) is 0.505. The van der Waals surface area contributed by atoms with E-state index >= 15 is 0 Å². The maximum absolute atomic E-state index is 11.7. The van der Waals surface area contributed by atoms with Crippen molar-refractivity contribution in [3.63, 3.8) is 0 Å². The lowest BCUT2D eigenvalue weighted by Gasteiger charge is -2.12. The molecule has 0 spiro atoms. The van der Waals surface area contributed by atoms with Gasteiger partial charge >= 0.3 is 0 Å². The molecule has 0 aromatic carbocycles. The van der Waals surface area contributed by atoms with Crippen molar-refractivity contribution in [3.05, 3.63) is 18.0 Å². The fourth-order valence-corrected chi connectivity index (χ4v) is 1.39. The highest BCUT2D eigenvalue weighted by molar-refractivity contribution is 5.93. The molecular formula is C10H17N5O. The van der Waals surface area contributed by atoms with E-state index in [0.717, 1.165) is 12.8 Å². The SMILES string of the molecule is CCC(CC)C(=O)Nn1ccc(C(=N)N)n1. The molecule has 0 saturated heterocycles. The summed E-state index contributed by atoms with van der Waals surface area (Å²) in [5.41, 5.74) is 8.25. The summed E-state index contributed by atoms with van der Waals surface area (Å²) >= 11 is 0. The Labute approximate surface area is 94.3 Å². The van der Waals surface area contributed by atoms with E-state index in [9.17, 15) is 4.79 Å². The Hall–Kier alpha value is -1.85. The minimum Gasteiger partial charge on any atom is -0.382 e. The molecule has 1 amide bonds. The molecule has 0 unspecified atom stereocenters. The van der Waals surface area contributed by atoms with Gasteiger partial charge in [0.05, 0.1) is 0 Å². The predicted molar refractivity (Wildman–Crippen MR) is 61.7 cm³/mol. The van der Waals surface area contributed by atoms with Crippen LogP contribution >= 0.6 is 0 Å². The van der Waals surface area contributed by atoms with Gasteiger partial charge in [-0.25, -0.2) is 5.43 Å². The van der Waals surface area contributed by atoms with Gasteiger partial charge in [-0.1, -0.05) is 13.8 Å². The fraction of sp³-hybridized carbons (Fsp3) is 0.500. The van der Waals surface area contributed by atoms with Crippen LogP contribution in [0.3, 0.4) is 0 Å². The standard InChI is InChI=1S/C10H17N5O/c1-3-7(4-2)10(16)14-15-6-5-8(13-15)9(11)12/h5-7H,3-4H2,1-2H3,(H3,11,12)(H,14,16). The van der Waals surface area contributed by atoms with Gasteiger partial charge < -0.3 is 5.73 Å². The predicted octanol–water partition coefficient (Wildman–Crippen LogP) is 0.673. The first-order valence-corrected chi connectivity index (χ1v) is 5.29. The monoisotopic (exact) mass is 223 g/mol. The first-order chi connectivity index (χ1) is 7.58. The van der Waals surface area contributed by atoms with Crippen LogP contribution in [0, 0.1) is 11.3 Å². The Balaban J connectivity index is 2.65. The molecule has 0 radical (unpaired) electrons. The maximum atomic E-state index is 11.7. The second-order valence-electron chi connectivity index (χ2n) is 3.55. The molecule has 0 aliphatic rings. The second kappa shape index (κ2) is 5.29. The third-order valence-corrected chi connectivity index (χ3v) is 2.45. The number of nitrogens with zero attached hydrogens (tertiary/aromatic N) is 2.